The van der Waals surface area contributed by atoms with E-state index in [1.807, 2.05) is 6.92 Å². The van der Waals surface area contributed by atoms with Crippen molar-refractivity contribution in [3.05, 3.63) is 0 Å². The lowest BCUT2D eigenvalue weighted by atomic mass is 10.1. The molecular formula is C16H29N3O5. The van der Waals surface area contributed by atoms with Crippen LogP contribution >= 0.6 is 0 Å². The Balaban J connectivity index is 2.86. The number of carbonyl (C=O) groups is 3. The lowest BCUT2D eigenvalue weighted by molar-refractivity contribution is -0.140. The van der Waals surface area contributed by atoms with Crippen molar-refractivity contribution in [3.63, 3.8) is 0 Å². The molecule has 1 aliphatic heterocycles. The molecule has 1 fully saturated rings. The molecule has 8 nitrogen and oxygen atoms in total. The van der Waals surface area contributed by atoms with Gasteiger partial charge in [-0.3, -0.25) is 29.1 Å². The lowest BCUT2D eigenvalue weighted by Gasteiger charge is -2.31. The van der Waals surface area contributed by atoms with Crippen molar-refractivity contribution < 1.29 is 24.6 Å². The first-order valence-electron chi connectivity index (χ1n) is 8.46. The zero-order valence-electron chi connectivity index (χ0n) is 14.6. The third-order valence-electron chi connectivity index (χ3n) is 4.33. The summed E-state index contributed by atoms with van der Waals surface area (Å²) in [5.74, 6) is -1.70. The molecule has 0 aliphatic carbocycles. The van der Waals surface area contributed by atoms with Crippen LogP contribution in [0.5, 0.6) is 0 Å². The molecule has 138 valence electrons. The number of carboxylic acid groups (broad SMARTS) is 2. The molecule has 0 amide bonds. The Bertz CT molecular complexity index is 415. The number of hydrogen-bond donors (Lipinski definition) is 2. The highest BCUT2D eigenvalue weighted by Crippen LogP contribution is 2.11. The quantitative estimate of drug-likeness (QED) is 0.627. The van der Waals surface area contributed by atoms with Gasteiger partial charge in [0.1, 0.15) is 5.78 Å². The van der Waals surface area contributed by atoms with Gasteiger partial charge in [-0.05, 0) is 13.3 Å². The molecule has 0 aromatic rings. The second-order valence-electron chi connectivity index (χ2n) is 6.29. The van der Waals surface area contributed by atoms with Gasteiger partial charge in [0, 0.05) is 39.3 Å². The van der Waals surface area contributed by atoms with Crippen LogP contribution in [-0.4, -0.2) is 101 Å². The average molecular weight is 343 g/mol. The first-order valence-corrected chi connectivity index (χ1v) is 8.46. The van der Waals surface area contributed by atoms with Crippen molar-refractivity contribution in [3.8, 4) is 0 Å². The molecule has 1 heterocycles. The van der Waals surface area contributed by atoms with E-state index < -0.39 is 11.9 Å². The Hall–Kier alpha value is -1.51. The molecule has 0 saturated carbocycles. The minimum atomic E-state index is -0.901. The molecule has 1 saturated heterocycles. The van der Waals surface area contributed by atoms with Crippen molar-refractivity contribution in [2.24, 2.45) is 0 Å². The van der Waals surface area contributed by atoms with Crippen molar-refractivity contribution in [2.45, 2.75) is 32.7 Å². The van der Waals surface area contributed by atoms with Crippen LogP contribution in [0.15, 0.2) is 0 Å². The van der Waals surface area contributed by atoms with Crippen LogP contribution in [0.25, 0.3) is 0 Å². The van der Waals surface area contributed by atoms with E-state index in [1.165, 1.54) is 0 Å². The summed E-state index contributed by atoms with van der Waals surface area (Å²) in [6.07, 6.45) is 1.64. The minimum Gasteiger partial charge on any atom is -0.480 e. The highest BCUT2D eigenvalue weighted by molar-refractivity contribution is 5.81. The number of nitrogens with zero attached hydrogens (tertiary/aromatic N) is 3. The number of hydrogen-bond acceptors (Lipinski definition) is 6. The Morgan fingerprint density at radius 2 is 1.29 bits per heavy atom. The Morgan fingerprint density at radius 3 is 1.62 bits per heavy atom. The Labute approximate surface area is 143 Å². The largest absolute Gasteiger partial charge is 0.480 e. The lowest BCUT2D eigenvalue weighted by Crippen LogP contribution is -2.46. The third kappa shape index (κ3) is 7.37. The van der Waals surface area contributed by atoms with Crippen LogP contribution < -0.4 is 0 Å². The minimum absolute atomic E-state index is 0.0761. The second kappa shape index (κ2) is 10.4. The molecule has 1 atom stereocenters. The number of aliphatic carboxylic acids is 2. The van der Waals surface area contributed by atoms with E-state index in [4.69, 9.17) is 10.2 Å². The summed E-state index contributed by atoms with van der Waals surface area (Å²) in [4.78, 5) is 39.7. The number of Topliss-reactive ketones (excluding diaryl/α,β-unsaturated/α-hetero) is 1. The van der Waals surface area contributed by atoms with Crippen molar-refractivity contribution in [1.29, 1.82) is 0 Å². The van der Waals surface area contributed by atoms with E-state index in [0.29, 0.717) is 39.3 Å². The molecule has 2 N–H and O–H groups in total. The number of carbonyl (C=O) groups excluding carboxylic acids is 1. The Morgan fingerprint density at radius 1 is 0.875 bits per heavy atom. The van der Waals surface area contributed by atoms with E-state index in [9.17, 15) is 14.4 Å². The molecule has 1 aliphatic rings. The van der Waals surface area contributed by atoms with Crippen molar-refractivity contribution in [2.75, 3.05) is 52.4 Å². The van der Waals surface area contributed by atoms with Crippen LogP contribution in [0.1, 0.15) is 26.7 Å². The normalized spacial score (nSPS) is 19.9. The monoisotopic (exact) mass is 343 g/mol. The molecule has 24 heavy (non-hydrogen) atoms. The summed E-state index contributed by atoms with van der Waals surface area (Å²) in [5, 5.41) is 18.1. The fourth-order valence-corrected chi connectivity index (χ4v) is 3.08. The zero-order valence-corrected chi connectivity index (χ0v) is 14.6. The van der Waals surface area contributed by atoms with Gasteiger partial charge in [0.25, 0.3) is 0 Å². The third-order valence-corrected chi connectivity index (χ3v) is 4.33. The zero-order chi connectivity index (χ0) is 18.1. The molecule has 0 aromatic carbocycles. The van der Waals surface area contributed by atoms with Gasteiger partial charge in [-0.1, -0.05) is 13.3 Å². The topological polar surface area (TPSA) is 101 Å². The van der Waals surface area contributed by atoms with Gasteiger partial charge in [0.2, 0.25) is 0 Å². The number of carboxylic acids is 2. The molecule has 0 bridgehead atoms. The highest BCUT2D eigenvalue weighted by Gasteiger charge is 2.25. The van der Waals surface area contributed by atoms with E-state index in [-0.39, 0.29) is 24.9 Å². The van der Waals surface area contributed by atoms with Crippen LogP contribution in [0.2, 0.25) is 0 Å². The summed E-state index contributed by atoms with van der Waals surface area (Å²) in [6, 6.07) is -0.188. The van der Waals surface area contributed by atoms with Crippen molar-refractivity contribution >= 4 is 17.7 Å². The smallest absolute Gasteiger partial charge is 0.317 e. The van der Waals surface area contributed by atoms with Gasteiger partial charge in [-0.2, -0.15) is 0 Å². The van der Waals surface area contributed by atoms with Gasteiger partial charge in [-0.15, -0.1) is 0 Å². The Kier molecular flexibility index (Phi) is 8.88. The van der Waals surface area contributed by atoms with Crippen LogP contribution in [0.3, 0.4) is 0 Å². The van der Waals surface area contributed by atoms with Crippen LogP contribution in [0.4, 0.5) is 0 Å². The predicted octanol–water partition coefficient (Wildman–Crippen LogP) is -0.167. The van der Waals surface area contributed by atoms with Gasteiger partial charge in [0.15, 0.2) is 0 Å². The van der Waals surface area contributed by atoms with E-state index in [1.54, 1.807) is 16.7 Å². The van der Waals surface area contributed by atoms with Gasteiger partial charge >= 0.3 is 11.9 Å². The number of ketones is 1. The molecule has 8 heteroatoms. The highest BCUT2D eigenvalue weighted by atomic mass is 16.4. The summed E-state index contributed by atoms with van der Waals surface area (Å²) < 4.78 is 0. The second-order valence-corrected chi connectivity index (χ2v) is 6.29. The summed E-state index contributed by atoms with van der Waals surface area (Å²) >= 11 is 0. The maximum absolute atomic E-state index is 12.0. The predicted molar refractivity (Wildman–Crippen MR) is 89.1 cm³/mol. The first-order chi connectivity index (χ1) is 11.3. The average Bonchev–Trinajstić information content (AvgIpc) is 2.56. The fraction of sp³-hybridized carbons (Fsp3) is 0.812. The first kappa shape index (κ1) is 20.5. The molecule has 1 rings (SSSR count). The van der Waals surface area contributed by atoms with Gasteiger partial charge in [0.05, 0.1) is 19.1 Å². The van der Waals surface area contributed by atoms with Crippen LogP contribution in [-0.2, 0) is 14.4 Å². The summed E-state index contributed by atoms with van der Waals surface area (Å²) in [5.41, 5.74) is 0. The SMILES string of the molecule is CCCC(C(C)=O)N1CCN(CC(=O)O)CCN(CC(=O)O)CC1. The summed E-state index contributed by atoms with van der Waals surface area (Å²) in [6.45, 7) is 6.80. The molecular weight excluding hydrogens is 314 g/mol. The number of rotatable bonds is 8. The van der Waals surface area contributed by atoms with Crippen LogP contribution in [0, 0.1) is 0 Å². The molecule has 0 spiro atoms. The van der Waals surface area contributed by atoms with E-state index >= 15 is 0 Å². The van der Waals surface area contributed by atoms with Gasteiger partial charge in [-0.25, -0.2) is 0 Å². The van der Waals surface area contributed by atoms with E-state index in [2.05, 4.69) is 4.90 Å². The fourth-order valence-electron chi connectivity index (χ4n) is 3.08. The summed E-state index contributed by atoms with van der Waals surface area (Å²) in [7, 11) is 0. The van der Waals surface area contributed by atoms with Gasteiger partial charge < -0.3 is 10.2 Å². The van der Waals surface area contributed by atoms with Crippen molar-refractivity contribution in [1.82, 2.24) is 14.7 Å². The standard InChI is InChI=1S/C16H29N3O5/c1-3-4-14(13(2)20)19-9-7-17(11-15(21)22)5-6-18(8-10-19)12-16(23)24/h14H,3-12H2,1-2H3,(H,21,22)(H,23,24). The maximum atomic E-state index is 12.0. The molecule has 1 unspecified atom stereocenters. The maximum Gasteiger partial charge on any atom is 0.317 e. The van der Waals surface area contributed by atoms with E-state index in [0.717, 1.165) is 12.8 Å². The molecule has 0 aromatic heterocycles. The molecule has 0 radical (unpaired) electrons.